The number of nitrogens with one attached hydrogen (secondary N) is 1. The van der Waals surface area contributed by atoms with Crippen molar-refractivity contribution in [2.24, 2.45) is 4.99 Å². The van der Waals surface area contributed by atoms with E-state index in [9.17, 15) is 4.79 Å². The van der Waals surface area contributed by atoms with E-state index in [1.54, 1.807) is 7.05 Å². The van der Waals surface area contributed by atoms with Gasteiger partial charge >= 0.3 is 0 Å². The van der Waals surface area contributed by atoms with E-state index < -0.39 is 0 Å². The summed E-state index contributed by atoms with van der Waals surface area (Å²) < 4.78 is 5.47. The van der Waals surface area contributed by atoms with Crippen molar-refractivity contribution in [3.8, 4) is 5.75 Å². The summed E-state index contributed by atoms with van der Waals surface area (Å²) in [6.45, 7) is 5.40. The van der Waals surface area contributed by atoms with Crippen LogP contribution in [0.4, 0.5) is 0 Å². The molecule has 0 bridgehead atoms. The van der Waals surface area contributed by atoms with Crippen molar-refractivity contribution in [3.05, 3.63) is 29.8 Å². The minimum absolute atomic E-state index is 0. The van der Waals surface area contributed by atoms with Crippen LogP contribution in [-0.2, 0) is 11.3 Å². The summed E-state index contributed by atoms with van der Waals surface area (Å²) in [5, 5.41) is 3.18. The number of hydrogen-bond acceptors (Lipinski definition) is 3. The number of carbonyl (C=O) groups is 1. The predicted octanol–water partition coefficient (Wildman–Crippen LogP) is 2.72. The normalized spacial score (nSPS) is 14.4. The molecule has 1 fully saturated rings. The zero-order valence-corrected chi connectivity index (χ0v) is 18.4. The highest BCUT2D eigenvalue weighted by atomic mass is 127. The number of amides is 1. The first-order chi connectivity index (χ1) is 12.1. The number of ether oxygens (including phenoxy) is 1. The Morgan fingerprint density at radius 2 is 1.88 bits per heavy atom. The summed E-state index contributed by atoms with van der Waals surface area (Å²) in [6, 6.07) is 8.05. The Morgan fingerprint density at radius 1 is 1.23 bits per heavy atom. The van der Waals surface area contributed by atoms with Gasteiger partial charge in [-0.1, -0.05) is 12.1 Å². The fourth-order valence-corrected chi connectivity index (χ4v) is 3.00. The lowest BCUT2D eigenvalue weighted by Gasteiger charge is -2.28. The summed E-state index contributed by atoms with van der Waals surface area (Å²) in [4.78, 5) is 20.5. The first-order valence-electron chi connectivity index (χ1n) is 9.05. The van der Waals surface area contributed by atoms with Crippen LogP contribution in [-0.4, -0.2) is 62.0 Å². The molecule has 1 amide bonds. The van der Waals surface area contributed by atoms with E-state index in [-0.39, 0.29) is 29.9 Å². The zero-order chi connectivity index (χ0) is 18.1. The average molecular weight is 474 g/mol. The molecular formula is C19H31IN4O2. The highest BCUT2D eigenvalue weighted by molar-refractivity contribution is 14.0. The maximum absolute atomic E-state index is 12.3. The highest BCUT2D eigenvalue weighted by Gasteiger charge is 2.17. The molecule has 0 spiro atoms. The molecular weight excluding hydrogens is 443 g/mol. The SMILES string of the molecule is CCOc1ccc(CN(C)C(=NC)NCC(=O)N2CCCCC2)cc1.I. The van der Waals surface area contributed by atoms with Crippen LogP contribution in [0.2, 0.25) is 0 Å². The van der Waals surface area contributed by atoms with Gasteiger partial charge in [-0.15, -0.1) is 24.0 Å². The standard InChI is InChI=1S/C19H30N4O2.HI/c1-4-25-17-10-8-16(9-11-17)15-22(3)19(20-2)21-14-18(24)23-12-6-5-7-13-23;/h8-11H,4-7,12-15H2,1-3H3,(H,20,21);1H. The molecule has 146 valence electrons. The number of hydrogen-bond donors (Lipinski definition) is 1. The van der Waals surface area contributed by atoms with E-state index in [2.05, 4.69) is 10.3 Å². The maximum atomic E-state index is 12.3. The number of rotatable bonds is 6. The lowest BCUT2D eigenvalue weighted by Crippen LogP contribution is -2.46. The Balaban J connectivity index is 0.00000338. The van der Waals surface area contributed by atoms with E-state index in [1.165, 1.54) is 6.42 Å². The second kappa shape index (κ2) is 12.0. The molecule has 0 saturated carbocycles. The minimum atomic E-state index is 0. The number of nitrogens with zero attached hydrogens (tertiary/aromatic N) is 3. The Morgan fingerprint density at radius 3 is 2.46 bits per heavy atom. The number of benzene rings is 1. The van der Waals surface area contributed by atoms with Gasteiger partial charge in [0.2, 0.25) is 5.91 Å². The third-order valence-corrected chi connectivity index (χ3v) is 4.33. The smallest absolute Gasteiger partial charge is 0.241 e. The van der Waals surface area contributed by atoms with Crippen LogP contribution in [0.1, 0.15) is 31.7 Å². The number of piperidine rings is 1. The van der Waals surface area contributed by atoms with Gasteiger partial charge < -0.3 is 19.9 Å². The first-order valence-corrected chi connectivity index (χ1v) is 9.05. The zero-order valence-electron chi connectivity index (χ0n) is 16.0. The number of likely N-dealkylation sites (tertiary alicyclic amines) is 1. The van der Waals surface area contributed by atoms with Gasteiger partial charge in [-0.2, -0.15) is 0 Å². The predicted molar refractivity (Wildman–Crippen MR) is 116 cm³/mol. The van der Waals surface area contributed by atoms with Crippen molar-refractivity contribution >= 4 is 35.8 Å². The van der Waals surface area contributed by atoms with E-state index in [1.807, 2.05) is 48.0 Å². The molecule has 7 heteroatoms. The van der Waals surface area contributed by atoms with Crippen LogP contribution in [0.25, 0.3) is 0 Å². The Hall–Kier alpha value is -1.51. The number of guanidine groups is 1. The average Bonchev–Trinajstić information content (AvgIpc) is 2.64. The van der Waals surface area contributed by atoms with Crippen molar-refractivity contribution in [3.63, 3.8) is 0 Å². The summed E-state index contributed by atoms with van der Waals surface area (Å²) in [5.41, 5.74) is 1.16. The summed E-state index contributed by atoms with van der Waals surface area (Å²) >= 11 is 0. The second-order valence-corrected chi connectivity index (χ2v) is 6.28. The Labute approximate surface area is 174 Å². The van der Waals surface area contributed by atoms with Crippen molar-refractivity contribution < 1.29 is 9.53 Å². The Bertz CT molecular complexity index is 571. The monoisotopic (exact) mass is 474 g/mol. The van der Waals surface area contributed by atoms with Gasteiger partial charge in [0, 0.05) is 33.7 Å². The molecule has 1 aromatic rings. The molecule has 1 aromatic carbocycles. The van der Waals surface area contributed by atoms with Gasteiger partial charge in [-0.05, 0) is 43.9 Å². The molecule has 1 N–H and O–H groups in total. The van der Waals surface area contributed by atoms with E-state index in [0.29, 0.717) is 19.7 Å². The topological polar surface area (TPSA) is 57.2 Å². The number of aliphatic imine (C=N–C) groups is 1. The molecule has 0 aliphatic carbocycles. The maximum Gasteiger partial charge on any atom is 0.241 e. The third-order valence-electron chi connectivity index (χ3n) is 4.33. The van der Waals surface area contributed by atoms with Crippen molar-refractivity contribution in [2.45, 2.75) is 32.7 Å². The summed E-state index contributed by atoms with van der Waals surface area (Å²) in [7, 11) is 3.71. The van der Waals surface area contributed by atoms with Gasteiger partial charge in [0.15, 0.2) is 5.96 Å². The molecule has 0 atom stereocenters. The number of carbonyl (C=O) groups excluding carboxylic acids is 1. The van der Waals surface area contributed by atoms with E-state index in [4.69, 9.17) is 4.74 Å². The quantitative estimate of drug-likeness (QED) is 0.392. The van der Waals surface area contributed by atoms with Gasteiger partial charge in [0.1, 0.15) is 5.75 Å². The van der Waals surface area contributed by atoms with Crippen LogP contribution in [0.15, 0.2) is 29.3 Å². The fraction of sp³-hybridized carbons (Fsp3) is 0.579. The molecule has 1 aliphatic rings. The van der Waals surface area contributed by atoms with E-state index >= 15 is 0 Å². The summed E-state index contributed by atoms with van der Waals surface area (Å²) in [5.74, 6) is 1.75. The molecule has 0 aromatic heterocycles. The molecule has 2 rings (SSSR count). The van der Waals surface area contributed by atoms with Crippen molar-refractivity contribution in [1.29, 1.82) is 0 Å². The van der Waals surface area contributed by atoms with Gasteiger partial charge in [-0.25, -0.2) is 0 Å². The largest absolute Gasteiger partial charge is 0.494 e. The van der Waals surface area contributed by atoms with Crippen LogP contribution in [0, 0.1) is 0 Å². The summed E-state index contributed by atoms with van der Waals surface area (Å²) in [6.07, 6.45) is 3.44. The number of halogens is 1. The van der Waals surface area contributed by atoms with Gasteiger partial charge in [-0.3, -0.25) is 9.79 Å². The van der Waals surface area contributed by atoms with Crippen LogP contribution in [0.5, 0.6) is 5.75 Å². The second-order valence-electron chi connectivity index (χ2n) is 6.28. The van der Waals surface area contributed by atoms with Gasteiger partial charge in [0.25, 0.3) is 0 Å². The van der Waals surface area contributed by atoms with Crippen molar-refractivity contribution in [1.82, 2.24) is 15.1 Å². The van der Waals surface area contributed by atoms with Crippen LogP contribution < -0.4 is 10.1 Å². The lowest BCUT2D eigenvalue weighted by molar-refractivity contribution is -0.130. The molecule has 0 unspecified atom stereocenters. The first kappa shape index (κ1) is 22.5. The molecule has 1 saturated heterocycles. The molecule has 0 radical (unpaired) electrons. The fourth-order valence-electron chi connectivity index (χ4n) is 3.00. The third kappa shape index (κ3) is 7.01. The van der Waals surface area contributed by atoms with Crippen LogP contribution >= 0.6 is 24.0 Å². The van der Waals surface area contributed by atoms with Crippen LogP contribution in [0.3, 0.4) is 0 Å². The highest BCUT2D eigenvalue weighted by Crippen LogP contribution is 2.13. The van der Waals surface area contributed by atoms with Crippen molar-refractivity contribution in [2.75, 3.05) is 40.3 Å². The Kier molecular flexibility index (Phi) is 10.4. The molecule has 26 heavy (non-hydrogen) atoms. The molecule has 6 nitrogen and oxygen atoms in total. The van der Waals surface area contributed by atoms with Gasteiger partial charge in [0.05, 0.1) is 13.2 Å². The van der Waals surface area contributed by atoms with E-state index in [0.717, 1.165) is 43.2 Å². The molecule has 1 aliphatic heterocycles. The molecule has 1 heterocycles. The minimum Gasteiger partial charge on any atom is -0.494 e. The lowest BCUT2D eigenvalue weighted by atomic mass is 10.1.